The van der Waals surface area contributed by atoms with Crippen molar-refractivity contribution in [1.82, 2.24) is 5.32 Å². The van der Waals surface area contributed by atoms with Crippen LogP contribution in [0.25, 0.3) is 0 Å². The van der Waals surface area contributed by atoms with Gasteiger partial charge in [-0.15, -0.1) is 0 Å². The van der Waals surface area contributed by atoms with Gasteiger partial charge in [-0.1, -0.05) is 17.7 Å². The summed E-state index contributed by atoms with van der Waals surface area (Å²) in [6, 6.07) is 2.23. The van der Waals surface area contributed by atoms with Crippen molar-refractivity contribution in [3.05, 3.63) is 22.7 Å². The van der Waals surface area contributed by atoms with Gasteiger partial charge in [-0.3, -0.25) is 0 Å². The van der Waals surface area contributed by atoms with Gasteiger partial charge in [0.2, 0.25) is 0 Å². The van der Waals surface area contributed by atoms with Crippen LogP contribution in [0.4, 0.5) is 4.79 Å². The molecule has 7 heteroatoms. The monoisotopic (exact) mass is 329 g/mol. The van der Waals surface area contributed by atoms with Gasteiger partial charge in [-0.05, 0) is 26.8 Å². The molecule has 122 valence electrons. The van der Waals surface area contributed by atoms with Crippen LogP contribution in [0.15, 0.2) is 12.1 Å². The molecule has 0 saturated carbocycles. The van der Waals surface area contributed by atoms with E-state index in [9.17, 15) is 9.59 Å². The normalized spacial score (nSPS) is 12.3. The summed E-state index contributed by atoms with van der Waals surface area (Å²) in [4.78, 5) is 23.1. The van der Waals surface area contributed by atoms with Crippen molar-refractivity contribution in [3.63, 3.8) is 0 Å². The predicted octanol–water partition coefficient (Wildman–Crippen LogP) is 3.12. The third-order valence-corrected chi connectivity index (χ3v) is 3.05. The molecule has 22 heavy (non-hydrogen) atoms. The van der Waals surface area contributed by atoms with Crippen molar-refractivity contribution in [1.29, 1.82) is 0 Å². The number of amides is 1. The fourth-order valence-corrected chi connectivity index (χ4v) is 2.12. The summed E-state index contributed by atoms with van der Waals surface area (Å²) in [7, 11) is 2.91. The minimum Gasteiger partial charge on any atom is -0.493 e. The summed E-state index contributed by atoms with van der Waals surface area (Å²) < 4.78 is 15.4. The number of carbonyl (C=O) groups is 2. The number of alkyl carbamates (subject to hydrolysis) is 1. The number of benzene rings is 1. The van der Waals surface area contributed by atoms with Crippen molar-refractivity contribution in [2.45, 2.75) is 32.4 Å². The molecular weight excluding hydrogens is 310 g/mol. The standard InChI is InChI=1S/C15H20ClNO5/c1-15(2,3)22-14(19)17-10(8-18)9-6-7-11(20-4)13(21-5)12(9)16/h6-8,10H,1-5H3,(H,17,19). The Morgan fingerprint density at radius 1 is 1.27 bits per heavy atom. The Labute approximate surface area is 134 Å². The first kappa shape index (κ1) is 18.1. The van der Waals surface area contributed by atoms with Gasteiger partial charge in [0.15, 0.2) is 11.5 Å². The molecular formula is C15H20ClNO5. The van der Waals surface area contributed by atoms with E-state index >= 15 is 0 Å². The number of hydrogen-bond donors (Lipinski definition) is 1. The van der Waals surface area contributed by atoms with E-state index in [2.05, 4.69) is 5.32 Å². The molecule has 1 aromatic carbocycles. The Balaban J connectivity index is 3.06. The quantitative estimate of drug-likeness (QED) is 0.840. The average molecular weight is 330 g/mol. The lowest BCUT2D eigenvalue weighted by atomic mass is 10.1. The second-order valence-corrected chi connectivity index (χ2v) is 5.84. The Kier molecular flexibility index (Phi) is 6.05. The molecule has 0 saturated heterocycles. The highest BCUT2D eigenvalue weighted by molar-refractivity contribution is 6.33. The highest BCUT2D eigenvalue weighted by atomic mass is 35.5. The molecule has 1 rings (SSSR count). The number of rotatable bonds is 5. The molecule has 0 bridgehead atoms. The van der Waals surface area contributed by atoms with Crippen molar-refractivity contribution in [2.75, 3.05) is 14.2 Å². The molecule has 1 amide bonds. The minimum atomic E-state index is -0.956. The highest BCUT2D eigenvalue weighted by Crippen LogP contribution is 2.39. The molecule has 1 aromatic rings. The van der Waals surface area contributed by atoms with Crippen LogP contribution in [-0.2, 0) is 9.53 Å². The van der Waals surface area contributed by atoms with Crippen LogP contribution in [0.3, 0.4) is 0 Å². The third kappa shape index (κ3) is 4.53. The summed E-state index contributed by atoms with van der Waals surface area (Å²) in [5.74, 6) is 0.720. The first-order chi connectivity index (χ1) is 10.2. The number of methoxy groups -OCH3 is 2. The number of aldehydes is 1. The Morgan fingerprint density at radius 3 is 2.36 bits per heavy atom. The SMILES string of the molecule is COc1ccc(C(C=O)NC(=O)OC(C)(C)C)c(Cl)c1OC. The van der Waals surface area contributed by atoms with Gasteiger partial charge in [0.1, 0.15) is 17.9 Å². The maximum atomic E-state index is 11.8. The molecule has 0 aliphatic heterocycles. The van der Waals surface area contributed by atoms with Crippen molar-refractivity contribution >= 4 is 24.0 Å². The van der Waals surface area contributed by atoms with Gasteiger partial charge in [0.25, 0.3) is 0 Å². The number of hydrogen-bond acceptors (Lipinski definition) is 5. The van der Waals surface area contributed by atoms with E-state index in [4.69, 9.17) is 25.8 Å². The fourth-order valence-electron chi connectivity index (χ4n) is 1.76. The second-order valence-electron chi connectivity index (χ2n) is 5.46. The fraction of sp³-hybridized carbons (Fsp3) is 0.467. The predicted molar refractivity (Wildman–Crippen MR) is 82.7 cm³/mol. The Bertz CT molecular complexity index is 554. The lowest BCUT2D eigenvalue weighted by molar-refractivity contribution is -0.109. The van der Waals surface area contributed by atoms with E-state index in [-0.39, 0.29) is 5.02 Å². The van der Waals surface area contributed by atoms with Crippen molar-refractivity contribution in [3.8, 4) is 11.5 Å². The maximum absolute atomic E-state index is 11.8. The zero-order valence-corrected chi connectivity index (χ0v) is 14.0. The van der Waals surface area contributed by atoms with Gasteiger partial charge in [-0.25, -0.2) is 4.79 Å². The van der Waals surface area contributed by atoms with E-state index in [1.165, 1.54) is 14.2 Å². The topological polar surface area (TPSA) is 73.9 Å². The largest absolute Gasteiger partial charge is 0.493 e. The summed E-state index contributed by atoms with van der Waals surface area (Å²) in [6.45, 7) is 5.18. The van der Waals surface area contributed by atoms with E-state index in [0.717, 1.165) is 0 Å². The molecule has 0 aliphatic carbocycles. The number of carbonyl (C=O) groups excluding carboxylic acids is 2. The zero-order valence-electron chi connectivity index (χ0n) is 13.2. The molecule has 6 nitrogen and oxygen atoms in total. The van der Waals surface area contributed by atoms with E-state index < -0.39 is 17.7 Å². The summed E-state index contributed by atoms with van der Waals surface area (Å²) >= 11 is 6.23. The van der Waals surface area contributed by atoms with Crippen LogP contribution in [-0.4, -0.2) is 32.2 Å². The zero-order chi connectivity index (χ0) is 16.9. The van der Waals surface area contributed by atoms with Crippen molar-refractivity contribution in [2.24, 2.45) is 0 Å². The number of ether oxygens (including phenoxy) is 3. The second kappa shape index (κ2) is 7.35. The summed E-state index contributed by atoms with van der Waals surface area (Å²) in [5, 5.41) is 2.65. The number of nitrogens with one attached hydrogen (secondary N) is 1. The van der Waals surface area contributed by atoms with Crippen molar-refractivity contribution < 1.29 is 23.8 Å². The highest BCUT2D eigenvalue weighted by Gasteiger charge is 2.24. The third-order valence-electron chi connectivity index (χ3n) is 2.66. The van der Waals surface area contributed by atoms with Crippen LogP contribution in [0.5, 0.6) is 11.5 Å². The van der Waals surface area contributed by atoms with Gasteiger partial charge in [0.05, 0.1) is 19.2 Å². The van der Waals surface area contributed by atoms with Gasteiger partial charge >= 0.3 is 6.09 Å². The summed E-state index contributed by atoms with van der Waals surface area (Å²) in [6.07, 6.45) is -0.146. The molecule has 1 unspecified atom stereocenters. The average Bonchev–Trinajstić information content (AvgIpc) is 2.42. The Morgan fingerprint density at radius 2 is 1.91 bits per heavy atom. The van der Waals surface area contributed by atoms with Gasteiger partial charge < -0.3 is 24.3 Å². The molecule has 1 N–H and O–H groups in total. The molecule has 0 aromatic heterocycles. The van der Waals surface area contributed by atoms with Crippen LogP contribution in [0, 0.1) is 0 Å². The lowest BCUT2D eigenvalue weighted by Crippen LogP contribution is -2.35. The van der Waals surface area contributed by atoms with E-state index in [1.807, 2.05) is 0 Å². The lowest BCUT2D eigenvalue weighted by Gasteiger charge is -2.22. The first-order valence-corrected chi connectivity index (χ1v) is 6.96. The van der Waals surface area contributed by atoms with Gasteiger partial charge in [0, 0.05) is 5.56 Å². The molecule has 0 heterocycles. The molecule has 0 fully saturated rings. The van der Waals surface area contributed by atoms with Crippen LogP contribution < -0.4 is 14.8 Å². The smallest absolute Gasteiger partial charge is 0.408 e. The van der Waals surface area contributed by atoms with Crippen LogP contribution >= 0.6 is 11.6 Å². The molecule has 0 spiro atoms. The minimum absolute atomic E-state index is 0.190. The van der Waals surface area contributed by atoms with Crippen LogP contribution in [0.2, 0.25) is 5.02 Å². The maximum Gasteiger partial charge on any atom is 0.408 e. The molecule has 1 atom stereocenters. The van der Waals surface area contributed by atoms with Gasteiger partial charge in [-0.2, -0.15) is 0 Å². The first-order valence-electron chi connectivity index (χ1n) is 6.58. The van der Waals surface area contributed by atoms with E-state index in [1.54, 1.807) is 32.9 Å². The van der Waals surface area contributed by atoms with E-state index in [0.29, 0.717) is 23.3 Å². The summed E-state index contributed by atoms with van der Waals surface area (Å²) in [5.41, 5.74) is -0.279. The molecule has 0 radical (unpaired) electrons. The Hall–Kier alpha value is -1.95. The molecule has 0 aliphatic rings. The van der Waals surface area contributed by atoms with Crippen LogP contribution in [0.1, 0.15) is 32.4 Å². The number of halogens is 1.